The molecule has 0 spiro atoms. The predicted octanol–water partition coefficient (Wildman–Crippen LogP) is 14.6. The van der Waals surface area contributed by atoms with Crippen LogP contribution in [0.15, 0.2) is 22.9 Å². The summed E-state index contributed by atoms with van der Waals surface area (Å²) in [5, 5.41) is 8.11. The fourth-order valence-corrected chi connectivity index (χ4v) is 6.66. The molecule has 6 nitrogen and oxygen atoms in total. The first-order chi connectivity index (χ1) is 24.8. The predicted molar refractivity (Wildman–Crippen MR) is 212 cm³/mol. The van der Waals surface area contributed by atoms with Crippen LogP contribution in [-0.2, 0) is 0 Å². The number of unbranched alkanes of at least 4 members (excludes halogenated alkanes) is 27. The minimum Gasteiger partial charge on any atom is -0.490 e. The molecule has 0 radical (unpaired) electrons. The summed E-state index contributed by atoms with van der Waals surface area (Å²) in [5.74, 6) is 2.64. The van der Waals surface area contributed by atoms with E-state index in [0.29, 0.717) is 25.7 Å². The Kier molecular flexibility index (Phi) is 28.7. The van der Waals surface area contributed by atoms with Gasteiger partial charge in [0.25, 0.3) is 0 Å². The van der Waals surface area contributed by atoms with Crippen LogP contribution in [0.1, 0.15) is 213 Å². The first-order valence-electron chi connectivity index (χ1n) is 21.6. The van der Waals surface area contributed by atoms with Crippen molar-refractivity contribution in [2.45, 2.75) is 213 Å². The maximum atomic E-state index is 6.50. The number of aromatic nitrogens is 2. The zero-order valence-electron chi connectivity index (χ0n) is 33.1. The van der Waals surface area contributed by atoms with Crippen LogP contribution in [0, 0.1) is 0 Å². The van der Waals surface area contributed by atoms with Crippen molar-refractivity contribution in [3.63, 3.8) is 0 Å². The van der Waals surface area contributed by atoms with Crippen LogP contribution in [0.4, 0.5) is 0 Å². The molecular formula is C44H78N2O4. The summed E-state index contributed by atoms with van der Waals surface area (Å²) in [4.78, 5) is 0. The molecule has 6 heteroatoms. The van der Waals surface area contributed by atoms with E-state index in [4.69, 9.17) is 18.6 Å². The molecule has 50 heavy (non-hydrogen) atoms. The van der Waals surface area contributed by atoms with Gasteiger partial charge in [-0.15, -0.1) is 10.2 Å². The first-order valence-corrected chi connectivity index (χ1v) is 21.6. The summed E-state index contributed by atoms with van der Waals surface area (Å²) < 4.78 is 25.0. The molecule has 2 aromatic rings. The van der Waals surface area contributed by atoms with Crippen molar-refractivity contribution in [1.82, 2.24) is 10.2 Å². The van der Waals surface area contributed by atoms with Gasteiger partial charge in [0.2, 0.25) is 18.0 Å². The van der Waals surface area contributed by atoms with E-state index in [1.54, 1.807) is 0 Å². The number of hydrogen-bond acceptors (Lipinski definition) is 6. The van der Waals surface area contributed by atoms with Crippen LogP contribution in [0.3, 0.4) is 0 Å². The van der Waals surface area contributed by atoms with Gasteiger partial charge in [0.1, 0.15) is 0 Å². The second kappa shape index (κ2) is 32.7. The van der Waals surface area contributed by atoms with Gasteiger partial charge in [-0.3, -0.25) is 0 Å². The van der Waals surface area contributed by atoms with E-state index in [9.17, 15) is 0 Å². The Hall–Kier alpha value is -2.24. The number of hydrogen-bond donors (Lipinski definition) is 0. The van der Waals surface area contributed by atoms with Crippen molar-refractivity contribution >= 4 is 0 Å². The summed E-state index contributed by atoms with van der Waals surface area (Å²) in [5.41, 5.74) is 0.810. The molecule has 0 aliphatic heterocycles. The van der Waals surface area contributed by atoms with Crippen LogP contribution in [0.2, 0.25) is 0 Å². The van der Waals surface area contributed by atoms with E-state index in [2.05, 4.69) is 31.0 Å². The zero-order chi connectivity index (χ0) is 35.6. The minimum atomic E-state index is 0.471. The highest BCUT2D eigenvalue weighted by Gasteiger charge is 2.19. The maximum absolute atomic E-state index is 6.50. The Morgan fingerprint density at radius 2 is 0.740 bits per heavy atom. The third-order valence-corrected chi connectivity index (χ3v) is 9.88. The van der Waals surface area contributed by atoms with Crippen LogP contribution in [-0.4, -0.2) is 30.0 Å². The number of benzene rings is 1. The summed E-state index contributed by atoms with van der Waals surface area (Å²) in [6, 6.07) is 3.98. The Morgan fingerprint density at radius 1 is 0.420 bits per heavy atom. The molecule has 2 rings (SSSR count). The third-order valence-electron chi connectivity index (χ3n) is 9.88. The van der Waals surface area contributed by atoms with E-state index in [0.717, 1.165) is 42.1 Å². The molecule has 0 bridgehead atoms. The molecular weight excluding hydrogens is 620 g/mol. The number of ether oxygens (including phenoxy) is 3. The lowest BCUT2D eigenvalue weighted by Gasteiger charge is -2.18. The second-order valence-corrected chi connectivity index (χ2v) is 14.6. The molecule has 0 aliphatic rings. The van der Waals surface area contributed by atoms with Crippen LogP contribution >= 0.6 is 0 Å². The van der Waals surface area contributed by atoms with Crippen molar-refractivity contribution in [3.05, 3.63) is 18.5 Å². The number of rotatable bonds is 37. The molecule has 0 saturated carbocycles. The van der Waals surface area contributed by atoms with Gasteiger partial charge < -0.3 is 18.6 Å². The van der Waals surface area contributed by atoms with Gasteiger partial charge in [0.15, 0.2) is 11.5 Å². The Morgan fingerprint density at radius 3 is 1.06 bits per heavy atom. The summed E-state index contributed by atoms with van der Waals surface area (Å²) in [6.45, 7) is 8.84. The molecule has 1 aromatic carbocycles. The van der Waals surface area contributed by atoms with E-state index >= 15 is 0 Å². The molecule has 1 aromatic heterocycles. The van der Waals surface area contributed by atoms with Crippen LogP contribution in [0.25, 0.3) is 11.5 Å². The highest BCUT2D eigenvalue weighted by atomic mass is 16.5. The summed E-state index contributed by atoms with van der Waals surface area (Å²) in [7, 11) is 0. The van der Waals surface area contributed by atoms with Crippen molar-refractivity contribution < 1.29 is 18.6 Å². The Balaban J connectivity index is 1.91. The zero-order valence-corrected chi connectivity index (χ0v) is 33.1. The van der Waals surface area contributed by atoms with Crippen molar-refractivity contribution in [3.8, 4) is 28.7 Å². The minimum absolute atomic E-state index is 0.471. The highest BCUT2D eigenvalue weighted by molar-refractivity contribution is 5.65. The van der Waals surface area contributed by atoms with E-state index in [1.165, 1.54) is 180 Å². The van der Waals surface area contributed by atoms with Crippen molar-refractivity contribution in [2.75, 3.05) is 19.8 Å². The lowest BCUT2D eigenvalue weighted by molar-refractivity contribution is 0.234. The second-order valence-electron chi connectivity index (χ2n) is 14.6. The van der Waals surface area contributed by atoms with Gasteiger partial charge in [-0.05, 0) is 31.4 Å². The van der Waals surface area contributed by atoms with Gasteiger partial charge in [-0.2, -0.15) is 0 Å². The standard InChI is InChI=1S/C44H78N2O4/c1-4-7-10-13-16-19-22-25-28-31-34-47-41-37-40(44-46-45-39-50-44)38-42(48-35-32-29-26-23-20-17-14-11-8-5-2)43(41)49-36-33-30-27-24-21-18-15-12-9-6-3/h37-39H,4-36H2,1-3H3. The SMILES string of the molecule is CCCCCCCCCCCCOc1cc(-c2nnco2)cc(OCCCCCCCCCCCC)c1OCCCCCCCCCCCC. The average molecular weight is 699 g/mol. The highest BCUT2D eigenvalue weighted by Crippen LogP contribution is 2.42. The van der Waals surface area contributed by atoms with Gasteiger partial charge >= 0.3 is 0 Å². The van der Waals surface area contributed by atoms with Gasteiger partial charge in [-0.1, -0.05) is 194 Å². The largest absolute Gasteiger partial charge is 0.490 e. The lowest BCUT2D eigenvalue weighted by Crippen LogP contribution is -2.07. The molecule has 288 valence electrons. The van der Waals surface area contributed by atoms with E-state index < -0.39 is 0 Å². The first kappa shape index (κ1) is 43.9. The van der Waals surface area contributed by atoms with Gasteiger partial charge in [0, 0.05) is 5.56 Å². The fourth-order valence-electron chi connectivity index (χ4n) is 6.66. The molecule has 0 saturated heterocycles. The Labute approximate surface area is 308 Å². The average Bonchev–Trinajstić information content (AvgIpc) is 3.68. The molecule has 0 aliphatic carbocycles. The molecule has 0 N–H and O–H groups in total. The molecule has 0 amide bonds. The monoisotopic (exact) mass is 699 g/mol. The smallest absolute Gasteiger partial charge is 0.247 e. The van der Waals surface area contributed by atoms with Gasteiger partial charge in [0.05, 0.1) is 19.8 Å². The number of nitrogens with zero attached hydrogens (tertiary/aromatic N) is 2. The lowest BCUT2D eigenvalue weighted by atomic mass is 10.1. The molecule has 0 unspecified atom stereocenters. The quantitative estimate of drug-likeness (QED) is 0.0654. The normalized spacial score (nSPS) is 11.3. The van der Waals surface area contributed by atoms with E-state index in [1.807, 2.05) is 12.1 Å². The van der Waals surface area contributed by atoms with Gasteiger partial charge in [-0.25, -0.2) is 0 Å². The summed E-state index contributed by atoms with van der Waals surface area (Å²) in [6.07, 6.45) is 40.5. The van der Waals surface area contributed by atoms with Crippen molar-refractivity contribution in [2.24, 2.45) is 0 Å². The van der Waals surface area contributed by atoms with E-state index in [-0.39, 0.29) is 0 Å². The third kappa shape index (κ3) is 22.6. The fraction of sp³-hybridized carbons (Fsp3) is 0.818. The molecule has 1 heterocycles. The maximum Gasteiger partial charge on any atom is 0.247 e. The van der Waals surface area contributed by atoms with Crippen molar-refractivity contribution in [1.29, 1.82) is 0 Å². The molecule has 0 atom stereocenters. The van der Waals surface area contributed by atoms with Crippen LogP contribution < -0.4 is 14.2 Å². The topological polar surface area (TPSA) is 66.6 Å². The molecule has 0 fully saturated rings. The van der Waals surface area contributed by atoms with Crippen LogP contribution in [0.5, 0.6) is 17.2 Å². The Bertz CT molecular complexity index is 949. The summed E-state index contributed by atoms with van der Waals surface area (Å²) >= 11 is 0.